The molecule has 1 unspecified atom stereocenters. The fourth-order valence-electron chi connectivity index (χ4n) is 2.33. The molecule has 0 heterocycles. The summed E-state index contributed by atoms with van der Waals surface area (Å²) in [6.45, 7) is 1.96. The van der Waals surface area contributed by atoms with Gasteiger partial charge in [-0.25, -0.2) is 0 Å². The summed E-state index contributed by atoms with van der Waals surface area (Å²) in [6, 6.07) is 17.5. The molecule has 0 bridgehead atoms. The molecule has 5 heteroatoms. The van der Waals surface area contributed by atoms with Crippen LogP contribution in [0.1, 0.15) is 29.3 Å². The Morgan fingerprint density at radius 1 is 1.04 bits per heavy atom. The number of aryl methyl sites for hydroxylation is 1. The van der Waals surface area contributed by atoms with E-state index in [0.717, 1.165) is 16.4 Å². The molecule has 24 heavy (non-hydrogen) atoms. The Labute approximate surface area is 156 Å². The maximum atomic E-state index is 12.1. The Kier molecular flexibility index (Phi) is 7.24. The minimum Gasteiger partial charge on any atom is -0.352 e. The molecule has 0 spiro atoms. The number of benzene rings is 2. The number of carbonyl (C=O) groups is 2. The molecule has 0 radical (unpaired) electrons. The first-order chi connectivity index (χ1) is 11.6. The second kappa shape index (κ2) is 9.42. The van der Waals surface area contributed by atoms with Gasteiger partial charge in [0.05, 0.1) is 12.1 Å². The second-order valence-electron chi connectivity index (χ2n) is 5.66. The monoisotopic (exact) mass is 436 g/mol. The summed E-state index contributed by atoms with van der Waals surface area (Å²) in [5.41, 5.74) is 1.84. The molecule has 0 saturated heterocycles. The number of halogens is 1. The Morgan fingerprint density at radius 3 is 2.42 bits per heavy atom. The summed E-state index contributed by atoms with van der Waals surface area (Å²) >= 11 is 2.11. The minimum atomic E-state index is -0.230. The van der Waals surface area contributed by atoms with E-state index in [2.05, 4.69) is 45.4 Å². The molecule has 0 aromatic heterocycles. The van der Waals surface area contributed by atoms with Crippen LogP contribution < -0.4 is 10.6 Å². The number of amides is 2. The highest BCUT2D eigenvalue weighted by atomic mass is 127. The van der Waals surface area contributed by atoms with E-state index in [1.165, 1.54) is 5.56 Å². The first-order valence-corrected chi connectivity index (χ1v) is 9.00. The predicted octanol–water partition coefficient (Wildman–Crippen LogP) is 3.16. The molecular formula is C19H21IN2O2. The zero-order valence-electron chi connectivity index (χ0n) is 13.6. The van der Waals surface area contributed by atoms with Gasteiger partial charge in [-0.05, 0) is 60.1 Å². The van der Waals surface area contributed by atoms with Gasteiger partial charge in [-0.3, -0.25) is 9.59 Å². The summed E-state index contributed by atoms with van der Waals surface area (Å²) in [4.78, 5) is 24.0. The van der Waals surface area contributed by atoms with Crippen LogP contribution in [0.15, 0.2) is 54.6 Å². The lowest BCUT2D eigenvalue weighted by Crippen LogP contribution is -2.41. The lowest BCUT2D eigenvalue weighted by molar-refractivity contribution is -0.120. The largest absolute Gasteiger partial charge is 0.352 e. The van der Waals surface area contributed by atoms with Crippen LogP contribution in [0.25, 0.3) is 0 Å². The van der Waals surface area contributed by atoms with E-state index < -0.39 is 0 Å². The van der Waals surface area contributed by atoms with Gasteiger partial charge in [-0.2, -0.15) is 0 Å². The minimum absolute atomic E-state index is 0.0144. The van der Waals surface area contributed by atoms with Crippen molar-refractivity contribution < 1.29 is 9.59 Å². The number of carbonyl (C=O) groups excluding carboxylic acids is 2. The Morgan fingerprint density at radius 2 is 1.71 bits per heavy atom. The number of hydrogen-bond donors (Lipinski definition) is 2. The van der Waals surface area contributed by atoms with Gasteiger partial charge in [-0.15, -0.1) is 0 Å². The van der Waals surface area contributed by atoms with E-state index in [1.807, 2.05) is 43.3 Å². The van der Waals surface area contributed by atoms with Gasteiger partial charge in [0, 0.05) is 9.61 Å². The Balaban J connectivity index is 1.72. The van der Waals surface area contributed by atoms with Crippen molar-refractivity contribution in [2.45, 2.75) is 25.8 Å². The Hall–Kier alpha value is -1.89. The van der Waals surface area contributed by atoms with Crippen LogP contribution >= 0.6 is 22.6 Å². The average Bonchev–Trinajstić information content (AvgIpc) is 2.59. The normalized spacial score (nSPS) is 11.6. The van der Waals surface area contributed by atoms with Gasteiger partial charge in [0.1, 0.15) is 0 Å². The van der Waals surface area contributed by atoms with Gasteiger partial charge >= 0.3 is 0 Å². The van der Waals surface area contributed by atoms with Crippen LogP contribution in [0, 0.1) is 3.57 Å². The first-order valence-electron chi connectivity index (χ1n) is 7.92. The van der Waals surface area contributed by atoms with Crippen molar-refractivity contribution in [2.75, 3.05) is 6.54 Å². The topological polar surface area (TPSA) is 58.2 Å². The number of rotatable bonds is 7. The first kappa shape index (κ1) is 18.4. The molecule has 0 aliphatic rings. The highest BCUT2D eigenvalue weighted by Gasteiger charge is 2.12. The van der Waals surface area contributed by atoms with Crippen LogP contribution in [0.5, 0.6) is 0 Å². The third kappa shape index (κ3) is 5.96. The molecule has 126 valence electrons. The highest BCUT2D eigenvalue weighted by Crippen LogP contribution is 2.10. The van der Waals surface area contributed by atoms with Crippen LogP contribution in [-0.4, -0.2) is 24.4 Å². The quantitative estimate of drug-likeness (QED) is 0.656. The lowest BCUT2D eigenvalue weighted by atomic mass is 10.1. The third-order valence-electron chi connectivity index (χ3n) is 3.64. The summed E-state index contributed by atoms with van der Waals surface area (Å²) < 4.78 is 0.865. The van der Waals surface area contributed by atoms with Crippen LogP contribution in [0.2, 0.25) is 0 Å². The van der Waals surface area contributed by atoms with Gasteiger partial charge in [0.25, 0.3) is 5.91 Å². The fourth-order valence-corrected chi connectivity index (χ4v) is 2.96. The number of nitrogens with one attached hydrogen (secondary N) is 2. The van der Waals surface area contributed by atoms with E-state index in [4.69, 9.17) is 0 Å². The molecule has 2 aromatic rings. The van der Waals surface area contributed by atoms with E-state index >= 15 is 0 Å². The van der Waals surface area contributed by atoms with E-state index in [9.17, 15) is 9.59 Å². The molecule has 2 amide bonds. The van der Waals surface area contributed by atoms with Crippen molar-refractivity contribution in [1.82, 2.24) is 10.6 Å². The van der Waals surface area contributed by atoms with Gasteiger partial charge in [0.2, 0.25) is 5.91 Å². The standard InChI is InChI=1S/C19H21IN2O2/c1-14(11-12-15-7-3-2-4-8-15)22-18(23)13-21-19(24)16-9-5-6-10-17(16)20/h2-10,14H,11-13H2,1H3,(H,21,24)(H,22,23). The van der Waals surface area contributed by atoms with Gasteiger partial charge in [0.15, 0.2) is 0 Å². The molecule has 4 nitrogen and oxygen atoms in total. The molecule has 2 aromatic carbocycles. The van der Waals surface area contributed by atoms with E-state index in [0.29, 0.717) is 5.56 Å². The zero-order valence-corrected chi connectivity index (χ0v) is 15.7. The smallest absolute Gasteiger partial charge is 0.252 e. The zero-order chi connectivity index (χ0) is 17.4. The predicted molar refractivity (Wildman–Crippen MR) is 104 cm³/mol. The summed E-state index contributed by atoms with van der Waals surface area (Å²) in [6.07, 6.45) is 1.77. The molecule has 2 N–H and O–H groups in total. The van der Waals surface area contributed by atoms with Gasteiger partial charge in [-0.1, -0.05) is 42.5 Å². The van der Waals surface area contributed by atoms with Crippen LogP contribution in [0.4, 0.5) is 0 Å². The summed E-state index contributed by atoms with van der Waals surface area (Å²) in [5, 5.41) is 5.58. The van der Waals surface area contributed by atoms with Gasteiger partial charge < -0.3 is 10.6 Å². The SMILES string of the molecule is CC(CCc1ccccc1)NC(=O)CNC(=O)c1ccccc1I. The van der Waals surface area contributed by atoms with E-state index in [-0.39, 0.29) is 24.4 Å². The van der Waals surface area contributed by atoms with Crippen LogP contribution in [0.3, 0.4) is 0 Å². The molecule has 0 fully saturated rings. The lowest BCUT2D eigenvalue weighted by Gasteiger charge is -2.14. The second-order valence-corrected chi connectivity index (χ2v) is 6.82. The third-order valence-corrected chi connectivity index (χ3v) is 4.58. The van der Waals surface area contributed by atoms with Crippen molar-refractivity contribution in [2.24, 2.45) is 0 Å². The fraction of sp³-hybridized carbons (Fsp3) is 0.263. The summed E-state index contributed by atoms with van der Waals surface area (Å²) in [7, 11) is 0. The van der Waals surface area contributed by atoms with E-state index in [1.54, 1.807) is 6.07 Å². The molecule has 2 rings (SSSR count). The average molecular weight is 436 g/mol. The molecule has 1 atom stereocenters. The summed E-state index contributed by atoms with van der Waals surface area (Å²) in [5.74, 6) is -0.401. The highest BCUT2D eigenvalue weighted by molar-refractivity contribution is 14.1. The molecule has 0 aliphatic carbocycles. The maximum Gasteiger partial charge on any atom is 0.252 e. The van der Waals surface area contributed by atoms with Crippen molar-refractivity contribution in [3.63, 3.8) is 0 Å². The van der Waals surface area contributed by atoms with Crippen molar-refractivity contribution in [3.05, 3.63) is 69.3 Å². The maximum absolute atomic E-state index is 12.1. The molecular weight excluding hydrogens is 415 g/mol. The number of hydrogen-bond acceptors (Lipinski definition) is 2. The molecule has 0 saturated carbocycles. The van der Waals surface area contributed by atoms with Crippen LogP contribution in [-0.2, 0) is 11.2 Å². The van der Waals surface area contributed by atoms with Crippen molar-refractivity contribution in [1.29, 1.82) is 0 Å². The van der Waals surface area contributed by atoms with Crippen molar-refractivity contribution >= 4 is 34.4 Å². The molecule has 0 aliphatic heterocycles. The Bertz CT molecular complexity index is 689. The van der Waals surface area contributed by atoms with Crippen molar-refractivity contribution in [3.8, 4) is 0 Å².